The number of amides is 1. The first-order valence-electron chi connectivity index (χ1n) is 11.6. The molecular weight excluding hydrogens is 488 g/mol. The molecule has 2 aliphatic carbocycles. The summed E-state index contributed by atoms with van der Waals surface area (Å²) >= 11 is 9.34. The minimum absolute atomic E-state index is 0.0164. The Morgan fingerprint density at radius 1 is 1.12 bits per heavy atom. The number of methoxy groups -OCH3 is 1. The van der Waals surface area contributed by atoms with Crippen LogP contribution in [0.25, 0.3) is 0 Å². The summed E-state index contributed by atoms with van der Waals surface area (Å²) in [5.41, 5.74) is 1.91. The molecule has 0 unspecified atom stereocenters. The summed E-state index contributed by atoms with van der Waals surface area (Å²) < 4.78 is 6.87. The van der Waals surface area contributed by atoms with Crippen molar-refractivity contribution in [1.82, 2.24) is 4.57 Å². The topological polar surface area (TPSA) is 60.3 Å². The number of nitrogens with zero attached hydrogens (tertiary/aromatic N) is 1. The van der Waals surface area contributed by atoms with Gasteiger partial charge in [-0.2, -0.15) is 0 Å². The van der Waals surface area contributed by atoms with Crippen LogP contribution in [0.1, 0.15) is 35.6 Å². The van der Waals surface area contributed by atoms with Crippen LogP contribution >= 0.6 is 34.7 Å². The lowest BCUT2D eigenvalue weighted by atomic mass is 9.75. The van der Waals surface area contributed by atoms with Gasteiger partial charge in [0, 0.05) is 26.8 Å². The second-order valence-electron chi connectivity index (χ2n) is 9.42. The number of carbonyl (C=O) groups excluding carboxylic acids is 1. The van der Waals surface area contributed by atoms with Crippen LogP contribution in [0.3, 0.4) is 0 Å². The Kier molecular flexibility index (Phi) is 5.74. The number of thioether (sulfide) groups is 1. The van der Waals surface area contributed by atoms with E-state index in [0.29, 0.717) is 28.7 Å². The molecule has 2 fully saturated rings. The van der Waals surface area contributed by atoms with E-state index in [0.717, 1.165) is 20.7 Å². The summed E-state index contributed by atoms with van der Waals surface area (Å²) in [6.07, 6.45) is 3.84. The van der Waals surface area contributed by atoms with Gasteiger partial charge in [0.05, 0.1) is 12.1 Å². The zero-order valence-corrected chi connectivity index (χ0v) is 21.1. The van der Waals surface area contributed by atoms with Crippen LogP contribution in [-0.2, 0) is 11.3 Å². The van der Waals surface area contributed by atoms with Gasteiger partial charge in [-0.05, 0) is 79.0 Å². The highest BCUT2D eigenvalue weighted by molar-refractivity contribution is 8.00. The fourth-order valence-electron chi connectivity index (χ4n) is 6.15. The van der Waals surface area contributed by atoms with E-state index in [-0.39, 0.29) is 23.2 Å². The molecule has 8 heteroatoms. The molecule has 0 radical (unpaired) electrons. The van der Waals surface area contributed by atoms with Gasteiger partial charge in [-0.25, -0.2) is 0 Å². The van der Waals surface area contributed by atoms with Crippen molar-refractivity contribution in [2.24, 2.45) is 17.8 Å². The van der Waals surface area contributed by atoms with Gasteiger partial charge in [0.25, 0.3) is 0 Å². The van der Waals surface area contributed by atoms with Crippen molar-refractivity contribution >= 4 is 46.3 Å². The van der Waals surface area contributed by atoms with Crippen LogP contribution in [0.15, 0.2) is 58.4 Å². The van der Waals surface area contributed by atoms with Gasteiger partial charge in [0.2, 0.25) is 5.91 Å². The van der Waals surface area contributed by atoms with Crippen LogP contribution in [0, 0.1) is 17.8 Å². The number of hydrogen-bond donors (Lipinski definition) is 1. The molecule has 3 aromatic rings. The lowest BCUT2D eigenvalue weighted by Gasteiger charge is -2.40. The molecular formula is C26H25ClN2O3S2. The maximum Gasteiger partial charge on any atom is 0.308 e. The number of halogens is 1. The van der Waals surface area contributed by atoms with Crippen LogP contribution in [0.4, 0.5) is 5.69 Å². The second-order valence-corrected chi connectivity index (χ2v) is 12.0. The number of ether oxygens (including phenoxy) is 1. The molecule has 34 heavy (non-hydrogen) atoms. The third-order valence-electron chi connectivity index (χ3n) is 7.60. The van der Waals surface area contributed by atoms with E-state index in [4.69, 9.17) is 16.3 Å². The summed E-state index contributed by atoms with van der Waals surface area (Å²) in [4.78, 5) is 27.1. The summed E-state index contributed by atoms with van der Waals surface area (Å²) in [6.45, 7) is 0.0164. The Bertz CT molecular complexity index is 1280. The van der Waals surface area contributed by atoms with E-state index in [1.807, 2.05) is 23.9 Å². The first-order valence-corrected chi connectivity index (χ1v) is 13.7. The molecule has 0 saturated heterocycles. The van der Waals surface area contributed by atoms with Gasteiger partial charge >= 0.3 is 4.87 Å². The molecule has 1 amide bonds. The third-order valence-corrected chi connectivity index (χ3v) is 10.7. The third kappa shape index (κ3) is 3.78. The van der Waals surface area contributed by atoms with Gasteiger partial charge < -0.3 is 10.1 Å². The van der Waals surface area contributed by atoms with E-state index in [1.54, 1.807) is 35.9 Å². The number of nitrogens with one attached hydrogen (secondary N) is 1. The Labute approximate surface area is 211 Å². The Morgan fingerprint density at radius 3 is 2.59 bits per heavy atom. The lowest BCUT2D eigenvalue weighted by Crippen LogP contribution is -2.34. The maximum atomic E-state index is 13.2. The number of carbonyl (C=O) groups is 1. The van der Waals surface area contributed by atoms with Crippen molar-refractivity contribution in [2.75, 3.05) is 12.4 Å². The number of rotatable bonds is 5. The molecule has 5 nitrogen and oxygen atoms in total. The molecule has 1 N–H and O–H groups in total. The van der Waals surface area contributed by atoms with Crippen LogP contribution in [0.5, 0.6) is 5.75 Å². The lowest BCUT2D eigenvalue weighted by molar-refractivity contribution is -0.116. The standard InChI is InChI=1S/C26H25ClN2O3S2/c1-32-19-10-8-18(9-11-19)28-20(30)13-29-25-24(34-26(29)31)21(14-4-6-17(27)7-5-14)22-15-2-3-16(12-15)23(22)33-25/h4-11,15-16,21-23H,2-3,12-13H2,1H3,(H,28,30)/t15-,16-,21+,22-,23+/m0/s1. The highest BCUT2D eigenvalue weighted by Gasteiger charge is 2.55. The zero-order valence-electron chi connectivity index (χ0n) is 18.7. The Balaban J connectivity index is 1.33. The number of fused-ring (bicyclic) bond motifs is 6. The van der Waals surface area contributed by atoms with Gasteiger partial charge in [0.15, 0.2) is 0 Å². The number of thiazole rings is 1. The zero-order chi connectivity index (χ0) is 23.4. The van der Waals surface area contributed by atoms with Crippen molar-refractivity contribution < 1.29 is 9.53 Å². The quantitative estimate of drug-likeness (QED) is 0.465. The molecule has 6 rings (SSSR count). The molecule has 176 valence electrons. The first-order chi connectivity index (χ1) is 16.5. The van der Waals surface area contributed by atoms with E-state index >= 15 is 0 Å². The van der Waals surface area contributed by atoms with Gasteiger partial charge in [0.1, 0.15) is 12.3 Å². The normalized spacial score (nSPS) is 26.7. The molecule has 3 aliphatic rings. The van der Waals surface area contributed by atoms with Crippen LogP contribution in [0.2, 0.25) is 5.02 Å². The van der Waals surface area contributed by atoms with Crippen LogP contribution < -0.4 is 14.9 Å². The molecule has 2 heterocycles. The maximum absolute atomic E-state index is 13.2. The highest BCUT2D eigenvalue weighted by atomic mass is 35.5. The number of anilines is 1. The fraction of sp³-hybridized carbons (Fsp3) is 0.385. The van der Waals surface area contributed by atoms with E-state index < -0.39 is 0 Å². The van der Waals surface area contributed by atoms with E-state index in [1.165, 1.54) is 36.2 Å². The molecule has 2 saturated carbocycles. The van der Waals surface area contributed by atoms with E-state index in [9.17, 15) is 9.59 Å². The number of aromatic nitrogens is 1. The minimum atomic E-state index is -0.202. The molecule has 2 aromatic carbocycles. The monoisotopic (exact) mass is 512 g/mol. The second kappa shape index (κ2) is 8.77. The van der Waals surface area contributed by atoms with Crippen molar-refractivity contribution in [3.8, 4) is 5.75 Å². The summed E-state index contributed by atoms with van der Waals surface area (Å²) in [6, 6.07) is 15.3. The van der Waals surface area contributed by atoms with Crippen LogP contribution in [-0.4, -0.2) is 22.8 Å². The number of hydrogen-bond acceptors (Lipinski definition) is 5. The summed E-state index contributed by atoms with van der Waals surface area (Å²) in [5, 5.41) is 5.11. The summed E-state index contributed by atoms with van der Waals surface area (Å²) in [5.74, 6) is 2.66. The largest absolute Gasteiger partial charge is 0.497 e. The van der Waals surface area contributed by atoms with Crippen molar-refractivity contribution in [3.05, 3.63) is 73.7 Å². The van der Waals surface area contributed by atoms with Crippen molar-refractivity contribution in [3.63, 3.8) is 0 Å². The molecule has 1 aromatic heterocycles. The molecule has 2 bridgehead atoms. The van der Waals surface area contributed by atoms with Crippen molar-refractivity contribution in [1.29, 1.82) is 0 Å². The molecule has 1 aliphatic heterocycles. The molecule has 5 atom stereocenters. The minimum Gasteiger partial charge on any atom is -0.497 e. The summed E-state index contributed by atoms with van der Waals surface area (Å²) in [7, 11) is 1.61. The first kappa shape index (κ1) is 22.3. The highest BCUT2D eigenvalue weighted by Crippen LogP contribution is 2.64. The SMILES string of the molecule is COc1ccc(NC(=O)Cn2c3c(sc2=O)[C@H](c2ccc(Cl)cc2)[C@@H]2[C@H]4CC[C@@H](C4)[C@H]2S3)cc1. The van der Waals surface area contributed by atoms with Gasteiger partial charge in [-0.15, -0.1) is 11.8 Å². The Morgan fingerprint density at radius 2 is 1.85 bits per heavy atom. The fourth-order valence-corrected chi connectivity index (χ4v) is 9.43. The predicted octanol–water partition coefficient (Wildman–Crippen LogP) is 5.86. The predicted molar refractivity (Wildman–Crippen MR) is 137 cm³/mol. The van der Waals surface area contributed by atoms with Gasteiger partial charge in [-0.1, -0.05) is 35.1 Å². The van der Waals surface area contributed by atoms with Gasteiger partial charge in [-0.3, -0.25) is 14.2 Å². The number of benzene rings is 2. The average Bonchev–Trinajstić information content (AvgIpc) is 3.53. The average molecular weight is 513 g/mol. The van der Waals surface area contributed by atoms with Crippen molar-refractivity contribution in [2.45, 2.75) is 42.0 Å². The molecule has 0 spiro atoms. The van der Waals surface area contributed by atoms with E-state index in [2.05, 4.69) is 17.4 Å². The smallest absolute Gasteiger partial charge is 0.308 e. The Hall–Kier alpha value is -2.22.